The highest BCUT2D eigenvalue weighted by atomic mass is 16.3. The van der Waals surface area contributed by atoms with Crippen molar-refractivity contribution in [3.8, 4) is 22.4 Å². The van der Waals surface area contributed by atoms with Crippen LogP contribution in [0.2, 0.25) is 0 Å². The minimum absolute atomic E-state index is 0.00312. The molecule has 3 aromatic heterocycles. The normalized spacial score (nSPS) is 12.4. The van der Waals surface area contributed by atoms with Crippen LogP contribution in [0.4, 0.5) is 5.82 Å². The lowest BCUT2D eigenvalue weighted by atomic mass is 9.88. The third-order valence-electron chi connectivity index (χ3n) is 5.99. The molecule has 5 rings (SSSR count). The quantitative estimate of drug-likeness (QED) is 0.404. The fourth-order valence-corrected chi connectivity index (χ4v) is 4.28. The summed E-state index contributed by atoms with van der Waals surface area (Å²) < 4.78 is 7.44. The standard InChI is InChI=1S/C26H25N5O/c1-15-14-32-23-9-8-20(11-22(15)23)25-24(26(27)30-17(3)29-25)16(2)18-6-5-7-19(10-18)21-12-28-31(4)13-21/h5-14,16H,1-4H3,(H2,27,29,30)/t16-/m1/s1. The maximum absolute atomic E-state index is 6.49. The van der Waals surface area contributed by atoms with Crippen LogP contribution >= 0.6 is 0 Å². The van der Waals surface area contributed by atoms with Gasteiger partial charge in [-0.3, -0.25) is 4.68 Å². The predicted molar refractivity (Wildman–Crippen MR) is 127 cm³/mol. The van der Waals surface area contributed by atoms with Gasteiger partial charge in [0.2, 0.25) is 0 Å². The van der Waals surface area contributed by atoms with E-state index in [4.69, 9.17) is 15.1 Å². The van der Waals surface area contributed by atoms with Crippen LogP contribution in [-0.4, -0.2) is 19.7 Å². The maximum atomic E-state index is 6.49. The molecule has 0 bridgehead atoms. The third kappa shape index (κ3) is 3.43. The van der Waals surface area contributed by atoms with Crippen LogP contribution in [0.3, 0.4) is 0 Å². The van der Waals surface area contributed by atoms with E-state index in [1.165, 1.54) is 0 Å². The van der Waals surface area contributed by atoms with E-state index in [-0.39, 0.29) is 5.92 Å². The summed E-state index contributed by atoms with van der Waals surface area (Å²) in [6, 6.07) is 14.6. The Balaban J connectivity index is 1.64. The average Bonchev–Trinajstić information content (AvgIpc) is 3.38. The van der Waals surface area contributed by atoms with Crippen LogP contribution in [0.15, 0.2) is 65.5 Å². The highest BCUT2D eigenvalue weighted by molar-refractivity contribution is 5.86. The summed E-state index contributed by atoms with van der Waals surface area (Å²) in [5.74, 6) is 1.17. The van der Waals surface area contributed by atoms with Crippen LogP contribution in [0.5, 0.6) is 0 Å². The predicted octanol–water partition coefficient (Wildman–Crippen LogP) is 5.64. The minimum atomic E-state index is 0.00312. The van der Waals surface area contributed by atoms with Gasteiger partial charge in [0.05, 0.1) is 18.2 Å². The Morgan fingerprint density at radius 1 is 1.00 bits per heavy atom. The average molecular weight is 424 g/mol. The van der Waals surface area contributed by atoms with Crippen molar-refractivity contribution < 1.29 is 4.42 Å². The molecule has 0 saturated heterocycles. The van der Waals surface area contributed by atoms with E-state index in [1.807, 2.05) is 50.1 Å². The van der Waals surface area contributed by atoms with Gasteiger partial charge in [-0.15, -0.1) is 0 Å². The number of aryl methyl sites for hydroxylation is 3. The van der Waals surface area contributed by atoms with E-state index in [9.17, 15) is 0 Å². The maximum Gasteiger partial charge on any atom is 0.134 e. The van der Waals surface area contributed by atoms with Crippen molar-refractivity contribution in [2.45, 2.75) is 26.7 Å². The zero-order chi connectivity index (χ0) is 22.4. The molecular weight excluding hydrogens is 398 g/mol. The first-order valence-electron chi connectivity index (χ1n) is 10.6. The largest absolute Gasteiger partial charge is 0.464 e. The van der Waals surface area contributed by atoms with Crippen LogP contribution in [0.1, 0.15) is 35.4 Å². The lowest BCUT2D eigenvalue weighted by Gasteiger charge is -2.19. The number of fused-ring (bicyclic) bond motifs is 1. The van der Waals surface area contributed by atoms with Crippen molar-refractivity contribution in [2.24, 2.45) is 7.05 Å². The van der Waals surface area contributed by atoms with E-state index in [1.54, 1.807) is 6.26 Å². The number of nitrogen functional groups attached to an aromatic ring is 1. The second-order valence-electron chi connectivity index (χ2n) is 8.30. The third-order valence-corrected chi connectivity index (χ3v) is 5.99. The first-order chi connectivity index (χ1) is 15.4. The number of anilines is 1. The zero-order valence-electron chi connectivity index (χ0n) is 18.6. The lowest BCUT2D eigenvalue weighted by molar-refractivity contribution is 0.613. The molecule has 6 heteroatoms. The van der Waals surface area contributed by atoms with E-state index in [2.05, 4.69) is 47.3 Å². The summed E-state index contributed by atoms with van der Waals surface area (Å²) in [6.07, 6.45) is 5.67. The van der Waals surface area contributed by atoms with Gasteiger partial charge in [0, 0.05) is 41.2 Å². The molecule has 0 saturated carbocycles. The molecule has 160 valence electrons. The topological polar surface area (TPSA) is 82.8 Å². The highest BCUT2D eigenvalue weighted by Gasteiger charge is 2.21. The monoisotopic (exact) mass is 423 g/mol. The van der Waals surface area contributed by atoms with Gasteiger partial charge in [0.1, 0.15) is 17.2 Å². The van der Waals surface area contributed by atoms with Gasteiger partial charge in [-0.05, 0) is 48.7 Å². The van der Waals surface area contributed by atoms with Crippen molar-refractivity contribution >= 4 is 16.8 Å². The minimum Gasteiger partial charge on any atom is -0.464 e. The molecule has 2 aromatic carbocycles. The molecule has 6 nitrogen and oxygen atoms in total. The van der Waals surface area contributed by atoms with Crippen LogP contribution in [-0.2, 0) is 7.05 Å². The molecule has 0 aliphatic heterocycles. The molecule has 0 fully saturated rings. The Morgan fingerprint density at radius 3 is 2.62 bits per heavy atom. The van der Waals surface area contributed by atoms with Crippen molar-refractivity contribution in [1.29, 1.82) is 0 Å². The summed E-state index contributed by atoms with van der Waals surface area (Å²) in [5.41, 5.74) is 14.6. The fourth-order valence-electron chi connectivity index (χ4n) is 4.28. The van der Waals surface area contributed by atoms with Crippen LogP contribution in [0, 0.1) is 13.8 Å². The van der Waals surface area contributed by atoms with Gasteiger partial charge >= 0.3 is 0 Å². The molecule has 32 heavy (non-hydrogen) atoms. The molecule has 5 aromatic rings. The number of rotatable bonds is 4. The number of benzene rings is 2. The second kappa shape index (κ2) is 7.64. The van der Waals surface area contributed by atoms with Crippen molar-refractivity contribution in [3.63, 3.8) is 0 Å². The first kappa shape index (κ1) is 20.0. The molecule has 0 spiro atoms. The van der Waals surface area contributed by atoms with Gasteiger partial charge in [0.25, 0.3) is 0 Å². The van der Waals surface area contributed by atoms with Gasteiger partial charge in [-0.25, -0.2) is 9.97 Å². The molecule has 0 aliphatic rings. The summed E-state index contributed by atoms with van der Waals surface area (Å²) in [5, 5.41) is 5.38. The Bertz CT molecular complexity index is 1450. The summed E-state index contributed by atoms with van der Waals surface area (Å²) >= 11 is 0. The summed E-state index contributed by atoms with van der Waals surface area (Å²) in [4.78, 5) is 9.32. The molecule has 3 heterocycles. The number of nitrogens with zero attached hydrogens (tertiary/aromatic N) is 4. The number of hydrogen-bond acceptors (Lipinski definition) is 5. The van der Waals surface area contributed by atoms with Crippen LogP contribution in [0.25, 0.3) is 33.4 Å². The molecule has 2 N–H and O–H groups in total. The van der Waals surface area contributed by atoms with E-state index < -0.39 is 0 Å². The van der Waals surface area contributed by atoms with E-state index in [0.717, 1.165) is 50.0 Å². The number of furan rings is 1. The summed E-state index contributed by atoms with van der Waals surface area (Å²) in [6.45, 7) is 6.07. The Labute approximate surface area is 186 Å². The van der Waals surface area contributed by atoms with Crippen molar-refractivity contribution in [2.75, 3.05) is 5.73 Å². The Morgan fingerprint density at radius 2 is 1.84 bits per heavy atom. The van der Waals surface area contributed by atoms with E-state index >= 15 is 0 Å². The van der Waals surface area contributed by atoms with Gasteiger partial charge in [0.15, 0.2) is 0 Å². The molecule has 0 amide bonds. The number of hydrogen-bond donors (Lipinski definition) is 1. The molecule has 1 atom stereocenters. The SMILES string of the molecule is Cc1nc(N)c([C@H](C)c2cccc(-c3cnn(C)c3)c2)c(-c2ccc3occ(C)c3c2)n1. The lowest BCUT2D eigenvalue weighted by Crippen LogP contribution is -2.09. The van der Waals surface area contributed by atoms with Gasteiger partial charge < -0.3 is 10.2 Å². The first-order valence-corrected chi connectivity index (χ1v) is 10.6. The van der Waals surface area contributed by atoms with Crippen molar-refractivity contribution in [3.05, 3.63) is 83.6 Å². The smallest absolute Gasteiger partial charge is 0.134 e. The second-order valence-corrected chi connectivity index (χ2v) is 8.30. The molecule has 0 unspecified atom stereocenters. The Hall–Kier alpha value is -3.93. The summed E-state index contributed by atoms with van der Waals surface area (Å²) in [7, 11) is 1.92. The molecule has 0 aliphatic carbocycles. The van der Waals surface area contributed by atoms with Crippen molar-refractivity contribution in [1.82, 2.24) is 19.7 Å². The highest BCUT2D eigenvalue weighted by Crippen LogP contribution is 2.37. The molecule has 0 radical (unpaired) electrons. The Kier molecular flexibility index (Phi) is 4.78. The van der Waals surface area contributed by atoms with Gasteiger partial charge in [-0.2, -0.15) is 5.10 Å². The van der Waals surface area contributed by atoms with Crippen LogP contribution < -0.4 is 5.73 Å². The zero-order valence-corrected chi connectivity index (χ0v) is 18.6. The number of aromatic nitrogens is 4. The molecular formula is C26H25N5O. The van der Waals surface area contributed by atoms with E-state index in [0.29, 0.717) is 11.6 Å². The fraction of sp³-hybridized carbons (Fsp3) is 0.192. The van der Waals surface area contributed by atoms with Gasteiger partial charge in [-0.1, -0.05) is 31.2 Å². The number of nitrogens with two attached hydrogens (primary N) is 1.